The van der Waals surface area contributed by atoms with Gasteiger partial charge in [-0.05, 0) is 25.3 Å². The number of hydrogen-bond acceptors (Lipinski definition) is 5. The van der Waals surface area contributed by atoms with Crippen molar-refractivity contribution in [3.63, 3.8) is 0 Å². The van der Waals surface area contributed by atoms with Crippen molar-refractivity contribution in [3.8, 4) is 0 Å². The number of nitrogens with zero attached hydrogens (tertiary/aromatic N) is 2. The highest BCUT2D eigenvalue weighted by atomic mass is 16.5. The van der Waals surface area contributed by atoms with Gasteiger partial charge in [0.2, 0.25) is 0 Å². The van der Waals surface area contributed by atoms with Crippen molar-refractivity contribution in [1.29, 1.82) is 0 Å². The molecule has 1 aliphatic carbocycles. The van der Waals surface area contributed by atoms with Crippen LogP contribution in [-0.4, -0.2) is 45.4 Å². The first-order valence-corrected chi connectivity index (χ1v) is 8.47. The molecule has 3 heterocycles. The van der Waals surface area contributed by atoms with E-state index < -0.39 is 0 Å². The Morgan fingerprint density at radius 2 is 2.13 bits per heavy atom. The standard InChI is InChI=1S/C17H24N4O2/c1-10(2)14-20-15-11(3-6-18-15)16(21-14)19-12-9-13(22)17(12)4-7-23-8-5-17/h3,6,10,12-13,22H,4-5,7-9H2,1-2H3,(H2,18,19,20,21)/t12-,13-/m1/s1. The van der Waals surface area contributed by atoms with E-state index in [9.17, 15) is 5.11 Å². The van der Waals surface area contributed by atoms with Crippen LogP contribution in [-0.2, 0) is 4.74 Å². The maximum absolute atomic E-state index is 10.4. The summed E-state index contributed by atoms with van der Waals surface area (Å²) in [6.45, 7) is 5.66. The van der Waals surface area contributed by atoms with E-state index in [4.69, 9.17) is 9.72 Å². The summed E-state index contributed by atoms with van der Waals surface area (Å²) in [6, 6.07) is 2.25. The molecule has 0 radical (unpaired) electrons. The lowest BCUT2D eigenvalue weighted by atomic mass is 9.58. The van der Waals surface area contributed by atoms with Gasteiger partial charge in [0.1, 0.15) is 17.3 Å². The van der Waals surface area contributed by atoms with Crippen molar-refractivity contribution >= 4 is 16.9 Å². The summed E-state index contributed by atoms with van der Waals surface area (Å²) >= 11 is 0. The molecule has 2 atom stereocenters. The van der Waals surface area contributed by atoms with Gasteiger partial charge in [0.15, 0.2) is 0 Å². The zero-order valence-electron chi connectivity index (χ0n) is 13.7. The first kappa shape index (κ1) is 14.9. The molecule has 2 fully saturated rings. The maximum atomic E-state index is 10.4. The fraction of sp³-hybridized carbons (Fsp3) is 0.647. The molecule has 23 heavy (non-hydrogen) atoms. The van der Waals surface area contributed by atoms with Crippen LogP contribution in [0.2, 0.25) is 0 Å². The molecule has 0 aromatic carbocycles. The second kappa shape index (κ2) is 5.46. The number of fused-ring (bicyclic) bond motifs is 1. The molecule has 2 aliphatic rings. The molecule has 1 aliphatic heterocycles. The van der Waals surface area contributed by atoms with Gasteiger partial charge in [0.05, 0.1) is 11.5 Å². The van der Waals surface area contributed by atoms with Crippen molar-refractivity contribution in [2.24, 2.45) is 5.41 Å². The van der Waals surface area contributed by atoms with Crippen LogP contribution in [0.1, 0.15) is 44.9 Å². The number of ether oxygens (including phenoxy) is 1. The Morgan fingerprint density at radius 3 is 2.83 bits per heavy atom. The largest absolute Gasteiger partial charge is 0.392 e. The van der Waals surface area contributed by atoms with Crippen LogP contribution < -0.4 is 5.32 Å². The molecule has 1 saturated carbocycles. The summed E-state index contributed by atoms with van der Waals surface area (Å²) in [5.41, 5.74) is 0.802. The molecule has 1 spiro atoms. The van der Waals surface area contributed by atoms with Crippen molar-refractivity contribution < 1.29 is 9.84 Å². The van der Waals surface area contributed by atoms with E-state index in [0.717, 1.165) is 55.2 Å². The van der Waals surface area contributed by atoms with Crippen molar-refractivity contribution in [3.05, 3.63) is 18.1 Å². The number of aromatic amines is 1. The Labute approximate surface area is 135 Å². The zero-order valence-corrected chi connectivity index (χ0v) is 13.7. The number of H-pyrrole nitrogens is 1. The summed E-state index contributed by atoms with van der Waals surface area (Å²) in [6.07, 6.45) is 4.24. The average Bonchev–Trinajstić information content (AvgIpc) is 3.04. The van der Waals surface area contributed by atoms with Crippen molar-refractivity contribution in [2.45, 2.75) is 51.2 Å². The Morgan fingerprint density at radius 1 is 1.35 bits per heavy atom. The van der Waals surface area contributed by atoms with E-state index in [1.807, 2.05) is 12.3 Å². The lowest BCUT2D eigenvalue weighted by Gasteiger charge is -2.55. The van der Waals surface area contributed by atoms with E-state index in [1.54, 1.807) is 0 Å². The molecule has 124 valence electrons. The van der Waals surface area contributed by atoms with E-state index in [0.29, 0.717) is 0 Å². The van der Waals surface area contributed by atoms with E-state index in [2.05, 4.69) is 29.1 Å². The van der Waals surface area contributed by atoms with Crippen LogP contribution in [0.5, 0.6) is 0 Å². The second-order valence-corrected chi connectivity index (χ2v) is 7.12. The minimum absolute atomic E-state index is 0.0657. The lowest BCUT2D eigenvalue weighted by Crippen LogP contribution is -2.62. The van der Waals surface area contributed by atoms with Gasteiger partial charge in [0, 0.05) is 36.8 Å². The van der Waals surface area contributed by atoms with E-state index in [1.165, 1.54) is 0 Å². The number of aliphatic hydroxyl groups excluding tert-OH is 1. The third-order valence-corrected chi connectivity index (χ3v) is 5.50. The molecule has 0 amide bonds. The highest BCUT2D eigenvalue weighted by molar-refractivity contribution is 5.87. The van der Waals surface area contributed by atoms with Crippen molar-refractivity contribution in [2.75, 3.05) is 18.5 Å². The van der Waals surface area contributed by atoms with Crippen LogP contribution in [0.4, 0.5) is 5.82 Å². The molecule has 4 rings (SSSR count). The quantitative estimate of drug-likeness (QED) is 0.810. The van der Waals surface area contributed by atoms with Crippen LogP contribution in [0.15, 0.2) is 12.3 Å². The Kier molecular flexibility index (Phi) is 3.54. The molecule has 0 unspecified atom stereocenters. The fourth-order valence-electron chi connectivity index (χ4n) is 3.89. The molecule has 1 saturated heterocycles. The van der Waals surface area contributed by atoms with Gasteiger partial charge >= 0.3 is 0 Å². The summed E-state index contributed by atoms with van der Waals surface area (Å²) in [5.74, 6) is 1.98. The van der Waals surface area contributed by atoms with Gasteiger partial charge in [-0.15, -0.1) is 0 Å². The van der Waals surface area contributed by atoms with Crippen LogP contribution in [0, 0.1) is 5.41 Å². The molecular weight excluding hydrogens is 292 g/mol. The van der Waals surface area contributed by atoms with Gasteiger partial charge in [0.25, 0.3) is 0 Å². The van der Waals surface area contributed by atoms with Crippen LogP contribution in [0.25, 0.3) is 11.0 Å². The normalized spacial score (nSPS) is 26.6. The maximum Gasteiger partial charge on any atom is 0.143 e. The zero-order chi connectivity index (χ0) is 16.0. The van der Waals surface area contributed by atoms with E-state index in [-0.39, 0.29) is 23.5 Å². The van der Waals surface area contributed by atoms with Gasteiger partial charge in [-0.1, -0.05) is 13.8 Å². The molecular formula is C17H24N4O2. The van der Waals surface area contributed by atoms with Gasteiger partial charge in [-0.25, -0.2) is 9.97 Å². The molecule has 0 bridgehead atoms. The van der Waals surface area contributed by atoms with Crippen molar-refractivity contribution in [1.82, 2.24) is 15.0 Å². The van der Waals surface area contributed by atoms with Crippen LogP contribution >= 0.6 is 0 Å². The van der Waals surface area contributed by atoms with Gasteiger partial charge in [-0.2, -0.15) is 0 Å². The first-order chi connectivity index (χ1) is 11.1. The SMILES string of the molecule is CC(C)c1nc(N[C@@H]2C[C@@H](O)C23CCOCC3)c2cc[nH]c2n1. The first-order valence-electron chi connectivity index (χ1n) is 8.47. The topological polar surface area (TPSA) is 83.1 Å². The summed E-state index contributed by atoms with van der Waals surface area (Å²) in [7, 11) is 0. The summed E-state index contributed by atoms with van der Waals surface area (Å²) in [4.78, 5) is 12.5. The number of aromatic nitrogens is 3. The second-order valence-electron chi connectivity index (χ2n) is 7.12. The highest BCUT2D eigenvalue weighted by Gasteiger charge is 2.55. The predicted octanol–water partition coefficient (Wildman–Crippen LogP) is 2.42. The molecule has 6 heteroatoms. The van der Waals surface area contributed by atoms with Gasteiger partial charge < -0.3 is 20.1 Å². The van der Waals surface area contributed by atoms with Gasteiger partial charge in [-0.3, -0.25) is 0 Å². The Hall–Kier alpha value is -1.66. The molecule has 3 N–H and O–H groups in total. The number of aliphatic hydroxyl groups is 1. The monoisotopic (exact) mass is 316 g/mol. The summed E-state index contributed by atoms with van der Waals surface area (Å²) < 4.78 is 5.49. The number of nitrogens with one attached hydrogen (secondary N) is 2. The molecule has 2 aromatic rings. The third kappa shape index (κ3) is 2.32. The molecule has 2 aromatic heterocycles. The Bertz CT molecular complexity index is 706. The smallest absolute Gasteiger partial charge is 0.143 e. The number of hydrogen-bond donors (Lipinski definition) is 3. The number of anilines is 1. The Balaban J connectivity index is 1.66. The predicted molar refractivity (Wildman–Crippen MR) is 88.5 cm³/mol. The van der Waals surface area contributed by atoms with E-state index >= 15 is 0 Å². The highest BCUT2D eigenvalue weighted by Crippen LogP contribution is 2.50. The minimum atomic E-state index is -0.239. The lowest BCUT2D eigenvalue weighted by molar-refractivity contribution is -0.133. The average molecular weight is 316 g/mol. The third-order valence-electron chi connectivity index (χ3n) is 5.50. The van der Waals surface area contributed by atoms with Crippen LogP contribution in [0.3, 0.4) is 0 Å². The fourth-order valence-corrected chi connectivity index (χ4v) is 3.89. The molecule has 6 nitrogen and oxygen atoms in total. The summed E-state index contributed by atoms with van der Waals surface area (Å²) in [5, 5.41) is 15.0. The minimum Gasteiger partial charge on any atom is -0.392 e. The number of rotatable bonds is 3.